The van der Waals surface area contributed by atoms with Gasteiger partial charge in [-0.3, -0.25) is 0 Å². The molecule has 0 radical (unpaired) electrons. The van der Waals surface area contributed by atoms with Crippen molar-refractivity contribution in [3.05, 3.63) is 29.3 Å². The number of methoxy groups -OCH3 is 1. The van der Waals surface area contributed by atoms with Gasteiger partial charge in [0, 0.05) is 17.5 Å². The normalized spacial score (nSPS) is 49.3. The molecule has 0 aromatic heterocycles. The summed E-state index contributed by atoms with van der Waals surface area (Å²) in [6.45, 7) is 1.45. The van der Waals surface area contributed by atoms with Crippen LogP contribution in [0.25, 0.3) is 0 Å². The van der Waals surface area contributed by atoms with Crippen molar-refractivity contribution in [2.45, 2.75) is 92.4 Å². The van der Waals surface area contributed by atoms with Gasteiger partial charge in [-0.2, -0.15) is 4.89 Å². The van der Waals surface area contributed by atoms with E-state index >= 15 is 0 Å². The molecule has 2 aliphatic heterocycles. The van der Waals surface area contributed by atoms with Gasteiger partial charge in [0.15, 0.2) is 5.60 Å². The minimum atomic E-state index is -1.53. The summed E-state index contributed by atoms with van der Waals surface area (Å²) in [6, 6.07) is 5.69. The Morgan fingerprint density at radius 3 is 2.31 bits per heavy atom. The van der Waals surface area contributed by atoms with Crippen LogP contribution in [-0.4, -0.2) is 75.3 Å². The van der Waals surface area contributed by atoms with Gasteiger partial charge in [0.1, 0.15) is 30.2 Å². The molecule has 200 valence electrons. The number of alkyl halides is 1. The van der Waals surface area contributed by atoms with E-state index in [1.807, 2.05) is 25.1 Å². The third-order valence-corrected chi connectivity index (χ3v) is 9.81. The van der Waals surface area contributed by atoms with E-state index in [1.54, 1.807) is 7.11 Å². The topological polar surface area (TPSA) is 127 Å². The Bertz CT molecular complexity index is 984. The number of benzene rings is 1. The average molecular weight is 527 g/mol. The summed E-state index contributed by atoms with van der Waals surface area (Å²) in [5, 5.41) is 40.4. The molecule has 9 nitrogen and oxygen atoms in total. The minimum absolute atomic E-state index is 0.177. The number of hydrogen-bond donors (Lipinski definition) is 4. The van der Waals surface area contributed by atoms with Crippen LogP contribution < -0.4 is 4.74 Å². The molecule has 6 fully saturated rings. The lowest BCUT2D eigenvalue weighted by atomic mass is 9.46. The zero-order valence-corrected chi connectivity index (χ0v) is 21.3. The summed E-state index contributed by atoms with van der Waals surface area (Å²) >= 11 is 7.00. The van der Waals surface area contributed by atoms with Crippen molar-refractivity contribution in [3.8, 4) is 5.75 Å². The highest BCUT2D eigenvalue weighted by molar-refractivity contribution is 6.24. The molecule has 7 rings (SSSR count). The van der Waals surface area contributed by atoms with Crippen molar-refractivity contribution >= 4 is 11.6 Å². The van der Waals surface area contributed by atoms with Gasteiger partial charge < -0.3 is 34.6 Å². The van der Waals surface area contributed by atoms with E-state index in [9.17, 15) is 20.4 Å². The zero-order valence-electron chi connectivity index (χ0n) is 20.5. The summed E-state index contributed by atoms with van der Waals surface area (Å²) < 4.78 is 17.8. The van der Waals surface area contributed by atoms with Crippen molar-refractivity contribution < 1.29 is 44.4 Å². The maximum atomic E-state index is 10.5. The SMILES string of the molecule is CCc1ccc(C2(OC)OOC23C2CC4CC3CC(Cl)(C4)C2)cc1OC1OC(CO)C(O)C(O)C1O. The number of halogens is 1. The van der Waals surface area contributed by atoms with Gasteiger partial charge in [0.25, 0.3) is 5.79 Å². The van der Waals surface area contributed by atoms with Crippen LogP contribution in [0.2, 0.25) is 0 Å². The van der Waals surface area contributed by atoms with E-state index in [0.29, 0.717) is 18.1 Å². The van der Waals surface area contributed by atoms with Crippen molar-refractivity contribution in [1.82, 2.24) is 0 Å². The fourth-order valence-electron chi connectivity index (χ4n) is 7.79. The van der Waals surface area contributed by atoms with Gasteiger partial charge in [-0.05, 0) is 67.9 Å². The van der Waals surface area contributed by atoms with E-state index in [0.717, 1.165) is 43.2 Å². The predicted molar refractivity (Wildman–Crippen MR) is 126 cm³/mol. The average Bonchev–Trinajstić information content (AvgIpc) is 2.83. The van der Waals surface area contributed by atoms with Gasteiger partial charge in [-0.15, -0.1) is 11.6 Å². The Hall–Kier alpha value is -1.01. The zero-order chi connectivity index (χ0) is 25.5. The smallest absolute Gasteiger partial charge is 0.260 e. The number of hydrogen-bond acceptors (Lipinski definition) is 9. The van der Waals surface area contributed by atoms with Crippen LogP contribution in [0.15, 0.2) is 18.2 Å². The number of aliphatic hydroxyl groups is 4. The van der Waals surface area contributed by atoms with Crippen LogP contribution in [0.3, 0.4) is 0 Å². The molecule has 2 saturated heterocycles. The lowest BCUT2D eigenvalue weighted by Crippen LogP contribution is -2.78. The monoisotopic (exact) mass is 526 g/mol. The molecular formula is C26H35ClO9. The number of ether oxygens (including phenoxy) is 3. The first-order chi connectivity index (χ1) is 17.2. The molecule has 4 bridgehead atoms. The van der Waals surface area contributed by atoms with Crippen molar-refractivity contribution in [2.24, 2.45) is 17.8 Å². The second-order valence-corrected chi connectivity index (χ2v) is 12.1. The standard InChI is InChI=1S/C26H35ClO9/c1-3-14-4-5-15(8-18(14)33-23-22(31)21(30)20(29)19(12-28)34-23)26(32-2)25(35-36-26)16-6-13-7-17(25)11-24(27,9-13)10-16/h4-5,8,13,16-17,19-23,28-31H,3,6-7,9-12H2,1-2H3. The lowest BCUT2D eigenvalue weighted by molar-refractivity contribution is -0.645. The van der Waals surface area contributed by atoms with Crippen LogP contribution in [0.1, 0.15) is 50.2 Å². The van der Waals surface area contributed by atoms with Gasteiger partial charge in [0.05, 0.1) is 6.61 Å². The highest BCUT2D eigenvalue weighted by Gasteiger charge is 2.78. The predicted octanol–water partition coefficient (Wildman–Crippen LogP) is 1.74. The maximum Gasteiger partial charge on any atom is 0.260 e. The quantitative estimate of drug-likeness (QED) is 0.324. The van der Waals surface area contributed by atoms with E-state index in [4.69, 9.17) is 35.6 Å². The molecule has 4 N–H and O–H groups in total. The molecule has 4 aliphatic carbocycles. The molecular weight excluding hydrogens is 492 g/mol. The van der Waals surface area contributed by atoms with Crippen LogP contribution in [0.4, 0.5) is 0 Å². The van der Waals surface area contributed by atoms with E-state index in [2.05, 4.69) is 0 Å². The molecule has 2 heterocycles. The van der Waals surface area contributed by atoms with Crippen molar-refractivity contribution in [3.63, 3.8) is 0 Å². The number of aryl methyl sites for hydroxylation is 1. The van der Waals surface area contributed by atoms with Crippen molar-refractivity contribution in [1.29, 1.82) is 0 Å². The Balaban J connectivity index is 1.34. The number of aliphatic hydroxyl groups excluding tert-OH is 4. The third kappa shape index (κ3) is 3.38. The number of rotatable bonds is 6. The summed E-state index contributed by atoms with van der Waals surface area (Å²) in [5.41, 5.74) is 0.927. The first kappa shape index (κ1) is 25.3. The largest absolute Gasteiger partial charge is 0.462 e. The van der Waals surface area contributed by atoms with Crippen LogP contribution in [0, 0.1) is 17.8 Å². The summed E-state index contributed by atoms with van der Waals surface area (Å²) in [4.78, 5) is 11.7. The molecule has 10 heteroatoms. The molecule has 1 aromatic rings. The highest BCUT2D eigenvalue weighted by atomic mass is 35.5. The Kier molecular flexibility index (Phi) is 6.15. The van der Waals surface area contributed by atoms with Crippen LogP contribution >= 0.6 is 11.6 Å². The van der Waals surface area contributed by atoms with Crippen molar-refractivity contribution in [2.75, 3.05) is 13.7 Å². The molecule has 0 amide bonds. The van der Waals surface area contributed by atoms with E-state index in [-0.39, 0.29) is 16.7 Å². The lowest BCUT2D eigenvalue weighted by Gasteiger charge is -2.70. The fraction of sp³-hybridized carbons (Fsp3) is 0.769. The Morgan fingerprint density at radius 1 is 1.03 bits per heavy atom. The van der Waals surface area contributed by atoms with Gasteiger partial charge in [-0.1, -0.05) is 19.1 Å². The Labute approximate surface area is 215 Å². The fourth-order valence-corrected chi connectivity index (χ4v) is 8.39. The highest BCUT2D eigenvalue weighted by Crippen LogP contribution is 2.71. The molecule has 1 spiro atoms. The van der Waals surface area contributed by atoms with Gasteiger partial charge in [-0.25, -0.2) is 4.89 Å². The van der Waals surface area contributed by atoms with Crippen LogP contribution in [0.5, 0.6) is 5.75 Å². The minimum Gasteiger partial charge on any atom is -0.462 e. The molecule has 36 heavy (non-hydrogen) atoms. The third-order valence-electron chi connectivity index (χ3n) is 9.35. The summed E-state index contributed by atoms with van der Waals surface area (Å²) in [7, 11) is 1.62. The molecule has 1 aromatic carbocycles. The molecule has 8 unspecified atom stereocenters. The second kappa shape index (κ2) is 8.76. The second-order valence-electron chi connectivity index (χ2n) is 11.3. The molecule has 4 saturated carbocycles. The van der Waals surface area contributed by atoms with Gasteiger partial charge in [0.2, 0.25) is 6.29 Å². The first-order valence-corrected chi connectivity index (χ1v) is 13.3. The Morgan fingerprint density at radius 2 is 1.75 bits per heavy atom. The summed E-state index contributed by atoms with van der Waals surface area (Å²) in [6.07, 6.45) is -1.37. The van der Waals surface area contributed by atoms with Gasteiger partial charge >= 0.3 is 0 Å². The maximum absolute atomic E-state index is 10.5. The van der Waals surface area contributed by atoms with E-state index in [1.165, 1.54) is 0 Å². The first-order valence-electron chi connectivity index (χ1n) is 12.9. The molecule has 6 aliphatic rings. The summed E-state index contributed by atoms with van der Waals surface area (Å²) in [5.74, 6) is 0.296. The van der Waals surface area contributed by atoms with E-state index < -0.39 is 48.7 Å². The molecule has 8 atom stereocenters. The van der Waals surface area contributed by atoms with Crippen LogP contribution in [-0.2, 0) is 31.5 Å².